The zero-order chi connectivity index (χ0) is 19.1. The van der Waals surface area contributed by atoms with Crippen molar-refractivity contribution in [2.24, 2.45) is 5.92 Å². The van der Waals surface area contributed by atoms with Crippen molar-refractivity contribution in [2.45, 2.75) is 51.2 Å². The number of fused-ring (bicyclic) bond motifs is 1. The van der Waals surface area contributed by atoms with Gasteiger partial charge in [0.2, 0.25) is 0 Å². The molecule has 3 aliphatic rings. The SMILES string of the molecule is CCOc1cc2c(cc1C1CC1NC(=O)N1CCC(C(=O)O)C1)OC(C)C2. The Morgan fingerprint density at radius 3 is 2.93 bits per heavy atom. The molecular formula is C20H26N2O5. The van der Waals surface area contributed by atoms with Gasteiger partial charge < -0.3 is 24.8 Å². The smallest absolute Gasteiger partial charge is 0.317 e. The third-order valence-electron chi connectivity index (χ3n) is 5.65. The molecule has 0 radical (unpaired) electrons. The molecule has 0 spiro atoms. The molecule has 2 N–H and O–H groups in total. The summed E-state index contributed by atoms with van der Waals surface area (Å²) >= 11 is 0. The van der Waals surface area contributed by atoms with Crippen LogP contribution in [0.2, 0.25) is 0 Å². The van der Waals surface area contributed by atoms with Crippen molar-refractivity contribution in [3.8, 4) is 11.5 Å². The van der Waals surface area contributed by atoms with Crippen LogP contribution in [0.4, 0.5) is 4.79 Å². The van der Waals surface area contributed by atoms with Crippen LogP contribution in [-0.4, -0.2) is 53.8 Å². The standard InChI is InChI=1S/C20H26N2O5/c1-3-26-18-7-13-6-11(2)27-17(13)9-15(18)14-8-16(14)21-20(25)22-5-4-12(10-22)19(23)24/h7,9,11-12,14,16H,3-6,8,10H2,1-2H3,(H,21,25)(H,23,24). The van der Waals surface area contributed by atoms with E-state index >= 15 is 0 Å². The zero-order valence-corrected chi connectivity index (χ0v) is 15.7. The summed E-state index contributed by atoms with van der Waals surface area (Å²) in [7, 11) is 0. The second-order valence-electron chi connectivity index (χ2n) is 7.73. The quantitative estimate of drug-likeness (QED) is 0.826. The number of ether oxygens (including phenoxy) is 2. The Labute approximate surface area is 158 Å². The molecule has 1 aromatic carbocycles. The number of likely N-dealkylation sites (tertiary alicyclic amines) is 1. The Morgan fingerprint density at radius 2 is 2.22 bits per heavy atom. The first-order valence-corrected chi connectivity index (χ1v) is 9.70. The van der Waals surface area contributed by atoms with Gasteiger partial charge in [-0.1, -0.05) is 0 Å². The maximum Gasteiger partial charge on any atom is 0.317 e. The van der Waals surface area contributed by atoms with Gasteiger partial charge in [0.15, 0.2) is 0 Å². The van der Waals surface area contributed by atoms with E-state index in [2.05, 4.69) is 24.4 Å². The number of amides is 2. The molecule has 2 aliphatic heterocycles. The van der Waals surface area contributed by atoms with Gasteiger partial charge in [0.1, 0.15) is 17.6 Å². The van der Waals surface area contributed by atoms with E-state index < -0.39 is 11.9 Å². The van der Waals surface area contributed by atoms with Crippen LogP contribution >= 0.6 is 0 Å². The first-order chi connectivity index (χ1) is 13.0. The topological polar surface area (TPSA) is 88.1 Å². The Bertz CT molecular complexity index is 765. The maximum absolute atomic E-state index is 12.4. The number of carboxylic acid groups (broad SMARTS) is 1. The largest absolute Gasteiger partial charge is 0.494 e. The molecule has 0 bridgehead atoms. The number of nitrogens with zero attached hydrogens (tertiary/aromatic N) is 1. The molecule has 2 fully saturated rings. The highest BCUT2D eigenvalue weighted by molar-refractivity contribution is 5.78. The number of hydrogen-bond acceptors (Lipinski definition) is 4. The molecule has 1 saturated heterocycles. The predicted octanol–water partition coefficient (Wildman–Crippen LogP) is 2.38. The average molecular weight is 374 g/mol. The van der Waals surface area contributed by atoms with E-state index in [1.807, 2.05) is 6.92 Å². The van der Waals surface area contributed by atoms with Crippen LogP contribution in [0.1, 0.15) is 43.7 Å². The first-order valence-electron chi connectivity index (χ1n) is 9.70. The highest BCUT2D eigenvalue weighted by atomic mass is 16.5. The lowest BCUT2D eigenvalue weighted by Gasteiger charge is -2.17. The van der Waals surface area contributed by atoms with Crippen LogP contribution in [0.3, 0.4) is 0 Å². The molecule has 7 heteroatoms. The number of carbonyl (C=O) groups is 2. The van der Waals surface area contributed by atoms with Crippen LogP contribution in [0.25, 0.3) is 0 Å². The first kappa shape index (κ1) is 17.9. The maximum atomic E-state index is 12.4. The van der Waals surface area contributed by atoms with Crippen LogP contribution in [0.5, 0.6) is 11.5 Å². The van der Waals surface area contributed by atoms with Crippen molar-refractivity contribution in [3.05, 3.63) is 23.3 Å². The van der Waals surface area contributed by atoms with E-state index in [9.17, 15) is 9.59 Å². The number of hydrogen-bond donors (Lipinski definition) is 2. The van der Waals surface area contributed by atoms with Crippen molar-refractivity contribution in [1.29, 1.82) is 0 Å². The van der Waals surface area contributed by atoms with E-state index in [-0.39, 0.29) is 30.6 Å². The zero-order valence-electron chi connectivity index (χ0n) is 15.7. The monoisotopic (exact) mass is 374 g/mol. The Balaban J connectivity index is 1.42. The van der Waals surface area contributed by atoms with Gasteiger partial charge in [-0.05, 0) is 38.8 Å². The predicted molar refractivity (Wildman–Crippen MR) is 98.4 cm³/mol. The van der Waals surface area contributed by atoms with E-state index in [4.69, 9.17) is 14.6 Å². The summed E-state index contributed by atoms with van der Waals surface area (Å²) in [6.07, 6.45) is 2.44. The van der Waals surface area contributed by atoms with Gasteiger partial charge in [0, 0.05) is 42.6 Å². The third kappa shape index (κ3) is 3.55. The molecule has 2 heterocycles. The fourth-order valence-electron chi connectivity index (χ4n) is 4.12. The number of carbonyl (C=O) groups excluding carboxylic acids is 1. The molecule has 4 unspecified atom stereocenters. The number of carboxylic acids is 1. The highest BCUT2D eigenvalue weighted by Crippen LogP contribution is 2.48. The molecular weight excluding hydrogens is 348 g/mol. The van der Waals surface area contributed by atoms with Gasteiger partial charge in [0.25, 0.3) is 0 Å². The van der Waals surface area contributed by atoms with Crippen molar-refractivity contribution in [3.63, 3.8) is 0 Å². The van der Waals surface area contributed by atoms with E-state index in [1.54, 1.807) is 4.90 Å². The lowest BCUT2D eigenvalue weighted by molar-refractivity contribution is -0.141. The molecule has 4 rings (SSSR count). The number of aliphatic carboxylic acids is 1. The van der Waals surface area contributed by atoms with Gasteiger partial charge in [0.05, 0.1) is 12.5 Å². The minimum Gasteiger partial charge on any atom is -0.494 e. The average Bonchev–Trinajstić information content (AvgIpc) is 3.04. The van der Waals surface area contributed by atoms with E-state index in [0.717, 1.165) is 29.9 Å². The summed E-state index contributed by atoms with van der Waals surface area (Å²) in [5.41, 5.74) is 2.26. The summed E-state index contributed by atoms with van der Waals surface area (Å²) in [5, 5.41) is 12.1. The minimum absolute atomic E-state index is 0.0532. The Hall–Kier alpha value is -2.44. The Kier molecular flexibility index (Phi) is 4.61. The molecule has 7 nitrogen and oxygen atoms in total. The molecule has 1 aromatic rings. The molecule has 146 valence electrons. The molecule has 4 atom stereocenters. The number of benzene rings is 1. The molecule has 1 saturated carbocycles. The van der Waals surface area contributed by atoms with Gasteiger partial charge >= 0.3 is 12.0 Å². The molecule has 1 aliphatic carbocycles. The number of nitrogens with one attached hydrogen (secondary N) is 1. The fraction of sp³-hybridized carbons (Fsp3) is 0.600. The molecule has 2 amide bonds. The van der Waals surface area contributed by atoms with Gasteiger partial charge in [-0.3, -0.25) is 4.79 Å². The van der Waals surface area contributed by atoms with Crippen molar-refractivity contribution in [1.82, 2.24) is 10.2 Å². The normalized spacial score (nSPS) is 28.4. The van der Waals surface area contributed by atoms with Crippen LogP contribution in [-0.2, 0) is 11.2 Å². The summed E-state index contributed by atoms with van der Waals surface area (Å²) in [6.45, 7) is 5.40. The van der Waals surface area contributed by atoms with Crippen molar-refractivity contribution < 1.29 is 24.2 Å². The summed E-state index contributed by atoms with van der Waals surface area (Å²) in [6, 6.07) is 4.02. The summed E-state index contributed by atoms with van der Waals surface area (Å²) in [5.74, 6) is 0.720. The number of rotatable bonds is 5. The van der Waals surface area contributed by atoms with Crippen LogP contribution < -0.4 is 14.8 Å². The lowest BCUT2D eigenvalue weighted by Crippen LogP contribution is -2.40. The van der Waals surface area contributed by atoms with Crippen LogP contribution in [0.15, 0.2) is 12.1 Å². The second kappa shape index (κ2) is 6.94. The van der Waals surface area contributed by atoms with E-state index in [0.29, 0.717) is 19.6 Å². The second-order valence-corrected chi connectivity index (χ2v) is 7.73. The van der Waals surface area contributed by atoms with E-state index in [1.165, 1.54) is 5.56 Å². The van der Waals surface area contributed by atoms with Gasteiger partial charge in [-0.2, -0.15) is 0 Å². The summed E-state index contributed by atoms with van der Waals surface area (Å²) in [4.78, 5) is 25.1. The van der Waals surface area contributed by atoms with Crippen LogP contribution in [0, 0.1) is 5.92 Å². The Morgan fingerprint density at radius 1 is 1.41 bits per heavy atom. The fourth-order valence-corrected chi connectivity index (χ4v) is 4.12. The highest BCUT2D eigenvalue weighted by Gasteiger charge is 2.43. The van der Waals surface area contributed by atoms with Gasteiger partial charge in [-0.25, -0.2) is 4.79 Å². The number of urea groups is 1. The molecule has 27 heavy (non-hydrogen) atoms. The summed E-state index contributed by atoms with van der Waals surface area (Å²) < 4.78 is 11.7. The van der Waals surface area contributed by atoms with Crippen molar-refractivity contribution >= 4 is 12.0 Å². The van der Waals surface area contributed by atoms with Gasteiger partial charge in [-0.15, -0.1) is 0 Å². The van der Waals surface area contributed by atoms with Crippen molar-refractivity contribution in [2.75, 3.05) is 19.7 Å². The minimum atomic E-state index is -0.830. The lowest BCUT2D eigenvalue weighted by atomic mass is 10.0. The molecule has 0 aromatic heterocycles. The third-order valence-corrected chi connectivity index (χ3v) is 5.65.